The second-order valence-electron chi connectivity index (χ2n) is 3.74. The zero-order chi connectivity index (χ0) is 14.5. The molecule has 1 amide bonds. The minimum atomic E-state index is -3.57. The fourth-order valence-electron chi connectivity index (χ4n) is 1.23. The highest BCUT2D eigenvalue weighted by atomic mass is 35.5. The number of primary amides is 1. The van der Waals surface area contributed by atoms with Gasteiger partial charge >= 0.3 is 0 Å². The molecule has 1 aromatic rings. The van der Waals surface area contributed by atoms with Crippen LogP contribution in [0.15, 0.2) is 23.1 Å². The number of hydrogen-bond donors (Lipinski definition) is 2. The standard InChI is InChI=1S/C11H15ClN2O4S/c1-2-5-14-19(16,17)8-3-4-10(9(12)6-8)18-7-11(13)15/h3-4,6,14H,2,5,7H2,1H3,(H2,13,15). The fourth-order valence-corrected chi connectivity index (χ4v) is 2.69. The van der Waals surface area contributed by atoms with E-state index in [0.29, 0.717) is 13.0 Å². The summed E-state index contributed by atoms with van der Waals surface area (Å²) in [6, 6.07) is 3.99. The lowest BCUT2D eigenvalue weighted by atomic mass is 10.3. The molecule has 0 aliphatic rings. The number of rotatable bonds is 7. The molecular weight excluding hydrogens is 292 g/mol. The Morgan fingerprint density at radius 3 is 2.68 bits per heavy atom. The Bertz CT molecular complexity index is 560. The summed E-state index contributed by atoms with van der Waals surface area (Å²) in [5.74, 6) is -0.438. The number of halogens is 1. The van der Waals surface area contributed by atoms with Crippen molar-refractivity contribution in [2.75, 3.05) is 13.2 Å². The number of sulfonamides is 1. The lowest BCUT2D eigenvalue weighted by Gasteiger charge is -2.09. The molecule has 0 saturated heterocycles. The minimum Gasteiger partial charge on any atom is -0.482 e. The smallest absolute Gasteiger partial charge is 0.255 e. The molecule has 0 aliphatic carbocycles. The summed E-state index contributed by atoms with van der Waals surface area (Å²) in [7, 11) is -3.57. The average Bonchev–Trinajstić information content (AvgIpc) is 2.34. The maximum absolute atomic E-state index is 11.8. The molecule has 0 heterocycles. The molecule has 0 bridgehead atoms. The molecule has 0 aliphatic heterocycles. The maximum atomic E-state index is 11.8. The Kier molecular flexibility index (Phi) is 5.59. The van der Waals surface area contributed by atoms with Crippen LogP contribution in [-0.4, -0.2) is 27.5 Å². The fraction of sp³-hybridized carbons (Fsp3) is 0.364. The third-order valence-electron chi connectivity index (χ3n) is 2.13. The van der Waals surface area contributed by atoms with E-state index in [-0.39, 0.29) is 22.3 Å². The Morgan fingerprint density at radius 2 is 2.16 bits per heavy atom. The molecule has 0 fully saturated rings. The van der Waals surface area contributed by atoms with Crippen molar-refractivity contribution in [1.82, 2.24) is 4.72 Å². The minimum absolute atomic E-state index is 0.0392. The van der Waals surface area contributed by atoms with Crippen molar-refractivity contribution in [3.63, 3.8) is 0 Å². The summed E-state index contributed by atoms with van der Waals surface area (Å²) in [6.45, 7) is 1.88. The van der Waals surface area contributed by atoms with E-state index in [1.54, 1.807) is 0 Å². The molecule has 0 saturated carbocycles. The van der Waals surface area contributed by atoms with Gasteiger partial charge in [-0.3, -0.25) is 4.79 Å². The van der Waals surface area contributed by atoms with E-state index >= 15 is 0 Å². The van der Waals surface area contributed by atoms with E-state index in [0.717, 1.165) is 0 Å². The zero-order valence-corrected chi connectivity index (χ0v) is 11.9. The average molecular weight is 307 g/mol. The van der Waals surface area contributed by atoms with Gasteiger partial charge in [0.05, 0.1) is 9.92 Å². The number of ether oxygens (including phenoxy) is 1. The lowest BCUT2D eigenvalue weighted by molar-refractivity contribution is -0.119. The highest BCUT2D eigenvalue weighted by Crippen LogP contribution is 2.27. The van der Waals surface area contributed by atoms with E-state index in [4.69, 9.17) is 22.1 Å². The number of benzene rings is 1. The van der Waals surface area contributed by atoms with Gasteiger partial charge in [0, 0.05) is 6.54 Å². The van der Waals surface area contributed by atoms with Gasteiger partial charge in [0.2, 0.25) is 10.0 Å². The maximum Gasteiger partial charge on any atom is 0.255 e. The van der Waals surface area contributed by atoms with Crippen molar-refractivity contribution in [3.8, 4) is 5.75 Å². The summed E-state index contributed by atoms with van der Waals surface area (Å²) in [5, 5.41) is 0.0978. The van der Waals surface area contributed by atoms with Crippen LogP contribution in [0.2, 0.25) is 5.02 Å². The molecule has 0 unspecified atom stereocenters. The van der Waals surface area contributed by atoms with Crippen LogP contribution < -0.4 is 15.2 Å². The molecule has 6 nitrogen and oxygen atoms in total. The quantitative estimate of drug-likeness (QED) is 0.781. The van der Waals surface area contributed by atoms with E-state index in [1.807, 2.05) is 6.92 Å². The second-order valence-corrected chi connectivity index (χ2v) is 5.92. The molecule has 106 valence electrons. The monoisotopic (exact) mass is 306 g/mol. The molecule has 0 radical (unpaired) electrons. The molecule has 1 rings (SSSR count). The van der Waals surface area contributed by atoms with Gasteiger partial charge in [0.15, 0.2) is 6.61 Å². The Hall–Kier alpha value is -1.31. The van der Waals surface area contributed by atoms with Crippen molar-refractivity contribution >= 4 is 27.5 Å². The molecule has 0 atom stereocenters. The molecule has 1 aromatic carbocycles. The number of carbonyl (C=O) groups is 1. The van der Waals surface area contributed by atoms with Crippen LogP contribution in [-0.2, 0) is 14.8 Å². The van der Waals surface area contributed by atoms with Gasteiger partial charge in [0.1, 0.15) is 5.75 Å². The van der Waals surface area contributed by atoms with Gasteiger partial charge in [-0.15, -0.1) is 0 Å². The summed E-state index contributed by atoms with van der Waals surface area (Å²) >= 11 is 5.88. The highest BCUT2D eigenvalue weighted by molar-refractivity contribution is 7.89. The van der Waals surface area contributed by atoms with Crippen LogP contribution >= 0.6 is 11.6 Å². The molecule has 8 heteroatoms. The van der Waals surface area contributed by atoms with E-state index in [9.17, 15) is 13.2 Å². The van der Waals surface area contributed by atoms with Gasteiger partial charge in [0.25, 0.3) is 5.91 Å². The van der Waals surface area contributed by atoms with Crippen LogP contribution in [0.25, 0.3) is 0 Å². The van der Waals surface area contributed by atoms with Crippen LogP contribution in [0, 0.1) is 0 Å². The van der Waals surface area contributed by atoms with E-state index in [1.165, 1.54) is 18.2 Å². The Morgan fingerprint density at radius 1 is 1.47 bits per heavy atom. The lowest BCUT2D eigenvalue weighted by Crippen LogP contribution is -2.24. The number of hydrogen-bond acceptors (Lipinski definition) is 4. The zero-order valence-electron chi connectivity index (χ0n) is 10.3. The van der Waals surface area contributed by atoms with Gasteiger partial charge in [-0.1, -0.05) is 18.5 Å². The van der Waals surface area contributed by atoms with Crippen LogP contribution in [0.5, 0.6) is 5.75 Å². The number of carbonyl (C=O) groups excluding carboxylic acids is 1. The summed E-state index contributed by atoms with van der Waals surface area (Å²) in [5.41, 5.74) is 4.93. The van der Waals surface area contributed by atoms with Crippen LogP contribution in [0.3, 0.4) is 0 Å². The first-order valence-electron chi connectivity index (χ1n) is 5.57. The van der Waals surface area contributed by atoms with E-state index < -0.39 is 15.9 Å². The molecule has 0 aromatic heterocycles. The van der Waals surface area contributed by atoms with Crippen molar-refractivity contribution in [2.45, 2.75) is 18.2 Å². The largest absolute Gasteiger partial charge is 0.482 e. The predicted octanol–water partition coefficient (Wildman–Crippen LogP) is 0.892. The molecule has 3 N–H and O–H groups in total. The van der Waals surface area contributed by atoms with Crippen LogP contribution in [0.1, 0.15) is 13.3 Å². The van der Waals surface area contributed by atoms with Gasteiger partial charge in [-0.05, 0) is 24.6 Å². The third-order valence-corrected chi connectivity index (χ3v) is 3.88. The van der Waals surface area contributed by atoms with Crippen molar-refractivity contribution in [2.24, 2.45) is 5.73 Å². The summed E-state index contributed by atoms with van der Waals surface area (Å²) < 4.78 is 31.1. The van der Waals surface area contributed by atoms with Crippen molar-refractivity contribution in [3.05, 3.63) is 23.2 Å². The molecule has 0 spiro atoms. The second kappa shape index (κ2) is 6.74. The number of nitrogens with one attached hydrogen (secondary N) is 1. The first-order valence-corrected chi connectivity index (χ1v) is 7.43. The molecular formula is C11H15ClN2O4S. The number of amides is 1. The Labute approximate surface area is 116 Å². The van der Waals surface area contributed by atoms with Crippen molar-refractivity contribution < 1.29 is 17.9 Å². The van der Waals surface area contributed by atoms with Crippen LogP contribution in [0.4, 0.5) is 0 Å². The predicted molar refractivity (Wildman–Crippen MR) is 71.6 cm³/mol. The van der Waals surface area contributed by atoms with Gasteiger partial charge < -0.3 is 10.5 Å². The van der Waals surface area contributed by atoms with Crippen molar-refractivity contribution in [1.29, 1.82) is 0 Å². The SMILES string of the molecule is CCCNS(=O)(=O)c1ccc(OCC(N)=O)c(Cl)c1. The first-order chi connectivity index (χ1) is 8.86. The number of nitrogens with two attached hydrogens (primary N) is 1. The highest BCUT2D eigenvalue weighted by Gasteiger charge is 2.15. The van der Waals surface area contributed by atoms with Gasteiger partial charge in [-0.2, -0.15) is 0 Å². The molecule has 19 heavy (non-hydrogen) atoms. The van der Waals surface area contributed by atoms with Gasteiger partial charge in [-0.25, -0.2) is 13.1 Å². The third kappa shape index (κ3) is 4.70. The first kappa shape index (κ1) is 15.7. The topological polar surface area (TPSA) is 98.5 Å². The normalized spacial score (nSPS) is 11.3. The summed E-state index contributed by atoms with van der Waals surface area (Å²) in [4.78, 5) is 10.6. The summed E-state index contributed by atoms with van der Waals surface area (Å²) in [6.07, 6.45) is 0.687. The van der Waals surface area contributed by atoms with E-state index in [2.05, 4.69) is 4.72 Å². The Balaban J connectivity index is 2.90.